The number of ether oxygens (including phenoxy) is 1. The summed E-state index contributed by atoms with van der Waals surface area (Å²) in [6.45, 7) is 9.50. The number of rotatable bonds is 8. The van der Waals surface area contributed by atoms with Crippen LogP contribution in [0.3, 0.4) is 0 Å². The molecule has 1 saturated heterocycles. The van der Waals surface area contributed by atoms with E-state index in [9.17, 15) is 4.79 Å². The van der Waals surface area contributed by atoms with E-state index in [-0.39, 0.29) is 6.03 Å². The number of carbonyl (C=O) groups excluding carboxylic acids is 1. The second-order valence-electron chi connectivity index (χ2n) is 7.37. The molecule has 1 aliphatic rings. The molecule has 140 valence electrons. The normalized spacial score (nSPS) is 20.9. The number of methoxy groups -OCH3 is 1. The number of unbranched alkanes of at least 4 members (excludes halogenated alkanes) is 1. The van der Waals surface area contributed by atoms with Crippen molar-refractivity contribution in [2.75, 3.05) is 33.3 Å². The molecule has 0 spiro atoms. The van der Waals surface area contributed by atoms with Crippen molar-refractivity contribution in [1.82, 2.24) is 15.5 Å². The van der Waals surface area contributed by atoms with Gasteiger partial charge < -0.3 is 20.3 Å². The van der Waals surface area contributed by atoms with Gasteiger partial charge in [0.2, 0.25) is 0 Å². The minimum atomic E-state index is -0.108. The maximum Gasteiger partial charge on any atom is 0.315 e. The molecule has 2 N–H and O–H groups in total. The number of hydrogen-bond acceptors (Lipinski definition) is 3. The van der Waals surface area contributed by atoms with Crippen LogP contribution in [0.2, 0.25) is 0 Å². The van der Waals surface area contributed by atoms with Crippen LogP contribution < -0.4 is 15.4 Å². The highest BCUT2D eigenvalue weighted by Crippen LogP contribution is 2.20. The summed E-state index contributed by atoms with van der Waals surface area (Å²) in [5, 5.41) is 5.82. The Morgan fingerprint density at radius 1 is 1.20 bits per heavy atom. The summed E-state index contributed by atoms with van der Waals surface area (Å²) in [7, 11) is 1.64. The van der Waals surface area contributed by atoms with E-state index < -0.39 is 0 Å². The highest BCUT2D eigenvalue weighted by atomic mass is 16.5. The lowest BCUT2D eigenvalue weighted by molar-refractivity contribution is 0.139. The maximum atomic E-state index is 11.9. The molecule has 0 saturated carbocycles. The van der Waals surface area contributed by atoms with E-state index in [1.165, 1.54) is 19.5 Å². The third-order valence-corrected chi connectivity index (χ3v) is 4.72. The predicted octanol–water partition coefficient (Wildman–Crippen LogP) is 3.25. The number of hydrogen-bond donors (Lipinski definition) is 2. The number of nitrogens with zero attached hydrogens (tertiary/aromatic N) is 1. The van der Waals surface area contributed by atoms with Crippen molar-refractivity contribution in [2.24, 2.45) is 11.8 Å². The number of nitrogens with one attached hydrogen (secondary N) is 2. The van der Waals surface area contributed by atoms with Crippen molar-refractivity contribution >= 4 is 6.03 Å². The molecule has 25 heavy (non-hydrogen) atoms. The Morgan fingerprint density at radius 3 is 2.68 bits per heavy atom. The third kappa shape index (κ3) is 7.34. The van der Waals surface area contributed by atoms with Crippen LogP contribution in [0.25, 0.3) is 0 Å². The van der Waals surface area contributed by atoms with E-state index in [1.54, 1.807) is 7.11 Å². The van der Waals surface area contributed by atoms with Crippen LogP contribution in [-0.4, -0.2) is 44.2 Å². The number of amides is 2. The Bertz CT molecular complexity index is 525. The Hall–Kier alpha value is -1.75. The second kappa shape index (κ2) is 10.3. The maximum absolute atomic E-state index is 11.9. The standard InChI is InChI=1S/C20H33N3O2/c1-16-11-17(2)15-23(14-16)10-5-4-9-21-20(24)22-13-18-7-6-8-19(12-18)25-3/h6-8,12,16-17H,4-5,9-11,13-15H2,1-3H3,(H2,21,22,24). The topological polar surface area (TPSA) is 53.6 Å². The molecule has 1 aromatic carbocycles. The number of carbonyl (C=O) groups is 1. The Labute approximate surface area is 152 Å². The van der Waals surface area contributed by atoms with Crippen LogP contribution in [0.4, 0.5) is 4.79 Å². The fourth-order valence-electron chi connectivity index (χ4n) is 3.66. The monoisotopic (exact) mass is 347 g/mol. The van der Waals surface area contributed by atoms with E-state index in [0.717, 1.165) is 49.1 Å². The third-order valence-electron chi connectivity index (χ3n) is 4.72. The summed E-state index contributed by atoms with van der Waals surface area (Å²) in [5.41, 5.74) is 1.03. The fraction of sp³-hybridized carbons (Fsp3) is 0.650. The van der Waals surface area contributed by atoms with E-state index in [0.29, 0.717) is 6.54 Å². The Kier molecular flexibility index (Phi) is 8.06. The lowest BCUT2D eigenvalue weighted by Crippen LogP contribution is -2.39. The first kappa shape index (κ1) is 19.6. The summed E-state index contributed by atoms with van der Waals surface area (Å²) < 4.78 is 5.18. The van der Waals surface area contributed by atoms with Gasteiger partial charge in [-0.1, -0.05) is 26.0 Å². The minimum Gasteiger partial charge on any atom is -0.497 e. The van der Waals surface area contributed by atoms with Crippen LogP contribution in [0.5, 0.6) is 5.75 Å². The van der Waals surface area contributed by atoms with Gasteiger partial charge in [0.1, 0.15) is 5.75 Å². The zero-order valence-corrected chi connectivity index (χ0v) is 15.9. The lowest BCUT2D eigenvalue weighted by Gasteiger charge is -2.34. The van der Waals surface area contributed by atoms with E-state index in [2.05, 4.69) is 29.4 Å². The molecule has 0 aromatic heterocycles. The van der Waals surface area contributed by atoms with Crippen molar-refractivity contribution in [2.45, 2.75) is 39.7 Å². The van der Waals surface area contributed by atoms with Crippen molar-refractivity contribution in [3.63, 3.8) is 0 Å². The zero-order chi connectivity index (χ0) is 18.1. The van der Waals surface area contributed by atoms with Gasteiger partial charge in [-0.15, -0.1) is 0 Å². The molecule has 2 amide bonds. The van der Waals surface area contributed by atoms with Gasteiger partial charge in [0.15, 0.2) is 0 Å². The molecule has 1 heterocycles. The molecule has 0 radical (unpaired) electrons. The number of likely N-dealkylation sites (tertiary alicyclic amines) is 1. The molecule has 0 bridgehead atoms. The van der Waals surface area contributed by atoms with Gasteiger partial charge in [0.05, 0.1) is 7.11 Å². The zero-order valence-electron chi connectivity index (χ0n) is 15.9. The van der Waals surface area contributed by atoms with Gasteiger partial charge in [0.25, 0.3) is 0 Å². The largest absolute Gasteiger partial charge is 0.497 e. The minimum absolute atomic E-state index is 0.108. The van der Waals surface area contributed by atoms with Crippen molar-refractivity contribution in [3.05, 3.63) is 29.8 Å². The van der Waals surface area contributed by atoms with Crippen molar-refractivity contribution in [1.29, 1.82) is 0 Å². The highest BCUT2D eigenvalue weighted by Gasteiger charge is 2.20. The molecule has 0 aliphatic carbocycles. The Morgan fingerprint density at radius 2 is 1.96 bits per heavy atom. The summed E-state index contributed by atoms with van der Waals surface area (Å²) in [6.07, 6.45) is 3.51. The number of piperidine rings is 1. The molecule has 1 aliphatic heterocycles. The predicted molar refractivity (Wildman–Crippen MR) is 102 cm³/mol. The van der Waals surface area contributed by atoms with Gasteiger partial charge >= 0.3 is 6.03 Å². The first-order valence-electron chi connectivity index (χ1n) is 9.43. The van der Waals surface area contributed by atoms with Crippen molar-refractivity contribution < 1.29 is 9.53 Å². The van der Waals surface area contributed by atoms with E-state index >= 15 is 0 Å². The summed E-state index contributed by atoms with van der Waals surface area (Å²) in [4.78, 5) is 14.4. The molecule has 5 heteroatoms. The first-order chi connectivity index (χ1) is 12.1. The van der Waals surface area contributed by atoms with E-state index in [1.807, 2.05) is 24.3 Å². The quantitative estimate of drug-likeness (QED) is 0.710. The summed E-state index contributed by atoms with van der Waals surface area (Å²) in [5.74, 6) is 2.43. The molecule has 2 atom stereocenters. The van der Waals surface area contributed by atoms with Crippen LogP contribution >= 0.6 is 0 Å². The number of urea groups is 1. The first-order valence-corrected chi connectivity index (χ1v) is 9.43. The lowest BCUT2D eigenvalue weighted by atomic mass is 9.92. The van der Waals surface area contributed by atoms with Crippen LogP contribution in [0.15, 0.2) is 24.3 Å². The summed E-state index contributed by atoms with van der Waals surface area (Å²) in [6, 6.07) is 7.62. The van der Waals surface area contributed by atoms with Crippen LogP contribution in [-0.2, 0) is 6.54 Å². The fourth-order valence-corrected chi connectivity index (χ4v) is 3.66. The highest BCUT2D eigenvalue weighted by molar-refractivity contribution is 5.73. The molecule has 2 rings (SSSR count). The molecule has 1 fully saturated rings. The molecular formula is C20H33N3O2. The molecule has 5 nitrogen and oxygen atoms in total. The van der Waals surface area contributed by atoms with Gasteiger partial charge in [-0.25, -0.2) is 4.79 Å². The van der Waals surface area contributed by atoms with Gasteiger partial charge in [-0.05, 0) is 55.3 Å². The van der Waals surface area contributed by atoms with Gasteiger partial charge in [0, 0.05) is 26.2 Å². The average Bonchev–Trinajstić information content (AvgIpc) is 2.59. The molecule has 1 aromatic rings. The van der Waals surface area contributed by atoms with Gasteiger partial charge in [-0.2, -0.15) is 0 Å². The van der Waals surface area contributed by atoms with Gasteiger partial charge in [-0.3, -0.25) is 0 Å². The van der Waals surface area contributed by atoms with Crippen LogP contribution in [0.1, 0.15) is 38.7 Å². The second-order valence-corrected chi connectivity index (χ2v) is 7.37. The summed E-state index contributed by atoms with van der Waals surface area (Å²) >= 11 is 0. The SMILES string of the molecule is COc1cccc(CNC(=O)NCCCCN2CC(C)CC(C)C2)c1. The Balaban J connectivity index is 1.55. The average molecular weight is 348 g/mol. The van der Waals surface area contributed by atoms with Crippen molar-refractivity contribution in [3.8, 4) is 5.75 Å². The van der Waals surface area contributed by atoms with Crippen LogP contribution in [0, 0.1) is 11.8 Å². The molecular weight excluding hydrogens is 314 g/mol. The smallest absolute Gasteiger partial charge is 0.315 e. The number of benzene rings is 1. The molecule has 2 unspecified atom stereocenters. The van der Waals surface area contributed by atoms with E-state index in [4.69, 9.17) is 4.74 Å².